The lowest BCUT2D eigenvalue weighted by molar-refractivity contribution is -0.144. The first-order valence-electron chi connectivity index (χ1n) is 9.19. The molecule has 134 valence electrons. The molecule has 0 fully saturated rings. The van der Waals surface area contributed by atoms with E-state index in [-0.39, 0.29) is 6.10 Å². The number of hydrogen-bond acceptors (Lipinski definition) is 4. The largest absolute Gasteiger partial charge is 0.463 e. The van der Waals surface area contributed by atoms with Crippen molar-refractivity contribution in [3.8, 4) is 0 Å². The fraction of sp³-hybridized carbons (Fsp3) is 0.789. The fourth-order valence-corrected chi connectivity index (χ4v) is 2.25. The molecule has 23 heavy (non-hydrogen) atoms. The van der Waals surface area contributed by atoms with Crippen molar-refractivity contribution in [3.05, 3.63) is 12.2 Å². The molecule has 0 saturated carbocycles. The Hall–Kier alpha value is -1.32. The molecule has 4 heteroatoms. The number of unbranched alkanes of at least 4 members (excludes halogenated alkanes) is 7. The quantitative estimate of drug-likeness (QED) is 0.257. The average Bonchev–Trinajstić information content (AvgIpc) is 2.56. The van der Waals surface area contributed by atoms with Gasteiger partial charge in [0.1, 0.15) is 6.10 Å². The molecule has 0 aliphatic carbocycles. The molecule has 0 unspecified atom stereocenters. The van der Waals surface area contributed by atoms with Gasteiger partial charge in [-0.05, 0) is 19.3 Å². The van der Waals surface area contributed by atoms with Gasteiger partial charge in [-0.15, -0.1) is 0 Å². The molecule has 0 N–H and O–H groups in total. The summed E-state index contributed by atoms with van der Waals surface area (Å²) in [6.07, 6.45) is 13.4. The number of rotatable bonds is 14. The predicted molar refractivity (Wildman–Crippen MR) is 93.2 cm³/mol. The summed E-state index contributed by atoms with van der Waals surface area (Å²) >= 11 is 0. The van der Waals surface area contributed by atoms with Crippen LogP contribution >= 0.6 is 0 Å². The molecule has 0 aromatic carbocycles. The van der Waals surface area contributed by atoms with Crippen LogP contribution in [0.2, 0.25) is 0 Å². The third kappa shape index (κ3) is 14.0. The molecule has 0 bridgehead atoms. The van der Waals surface area contributed by atoms with Gasteiger partial charge in [0.05, 0.1) is 6.61 Å². The molecule has 0 saturated heterocycles. The lowest BCUT2D eigenvalue weighted by Crippen LogP contribution is -2.15. The number of carbonyl (C=O) groups excluding carboxylic acids is 2. The second kappa shape index (κ2) is 15.6. The number of esters is 2. The predicted octanol–water partition coefficient (Wildman–Crippen LogP) is 4.96. The summed E-state index contributed by atoms with van der Waals surface area (Å²) in [5, 5.41) is 0. The Balaban J connectivity index is 3.59. The SMILES string of the molecule is CCCCCCCCCCOC(=O)/C=C/C(=O)OC(CC)CC. The fourth-order valence-electron chi connectivity index (χ4n) is 2.25. The van der Waals surface area contributed by atoms with Crippen molar-refractivity contribution >= 4 is 11.9 Å². The minimum Gasteiger partial charge on any atom is -0.463 e. The second-order valence-electron chi connectivity index (χ2n) is 5.85. The van der Waals surface area contributed by atoms with Gasteiger partial charge >= 0.3 is 11.9 Å². The van der Waals surface area contributed by atoms with E-state index >= 15 is 0 Å². The first kappa shape index (κ1) is 21.7. The van der Waals surface area contributed by atoms with Crippen molar-refractivity contribution in [3.63, 3.8) is 0 Å². The van der Waals surface area contributed by atoms with Crippen molar-refractivity contribution in [2.45, 2.75) is 91.1 Å². The van der Waals surface area contributed by atoms with E-state index in [1.807, 2.05) is 13.8 Å². The summed E-state index contributed by atoms with van der Waals surface area (Å²) in [6, 6.07) is 0. The van der Waals surface area contributed by atoms with Gasteiger partial charge < -0.3 is 9.47 Å². The standard InChI is InChI=1S/C19H34O4/c1-4-7-8-9-10-11-12-13-16-22-18(20)14-15-19(21)23-17(5-2)6-3/h14-15,17H,4-13,16H2,1-3H3/b15-14+. The molecule has 0 rings (SSSR count). The maximum atomic E-state index is 11.5. The van der Waals surface area contributed by atoms with Crippen LogP contribution in [-0.4, -0.2) is 24.6 Å². The van der Waals surface area contributed by atoms with Gasteiger partial charge in [0.25, 0.3) is 0 Å². The van der Waals surface area contributed by atoms with E-state index < -0.39 is 11.9 Å². The van der Waals surface area contributed by atoms with Crippen LogP contribution in [0.5, 0.6) is 0 Å². The first-order valence-corrected chi connectivity index (χ1v) is 9.19. The Morgan fingerprint density at radius 3 is 1.87 bits per heavy atom. The van der Waals surface area contributed by atoms with Crippen LogP contribution in [0.15, 0.2) is 12.2 Å². The Morgan fingerprint density at radius 1 is 0.783 bits per heavy atom. The second-order valence-corrected chi connectivity index (χ2v) is 5.85. The molecular formula is C19H34O4. The van der Waals surface area contributed by atoms with Crippen LogP contribution in [0.3, 0.4) is 0 Å². The third-order valence-corrected chi connectivity index (χ3v) is 3.79. The molecule has 0 aromatic heterocycles. The van der Waals surface area contributed by atoms with Crippen LogP contribution in [0, 0.1) is 0 Å². The summed E-state index contributed by atoms with van der Waals surface area (Å²) < 4.78 is 10.2. The highest BCUT2D eigenvalue weighted by atomic mass is 16.5. The van der Waals surface area contributed by atoms with Crippen LogP contribution in [0.4, 0.5) is 0 Å². The lowest BCUT2D eigenvalue weighted by atomic mass is 10.1. The van der Waals surface area contributed by atoms with Crippen molar-refractivity contribution in [1.82, 2.24) is 0 Å². The van der Waals surface area contributed by atoms with E-state index in [1.54, 1.807) is 0 Å². The van der Waals surface area contributed by atoms with Gasteiger partial charge in [0.2, 0.25) is 0 Å². The number of carbonyl (C=O) groups is 2. The number of ether oxygens (including phenoxy) is 2. The summed E-state index contributed by atoms with van der Waals surface area (Å²) in [5.74, 6) is -0.961. The minimum atomic E-state index is -0.484. The lowest BCUT2D eigenvalue weighted by Gasteiger charge is -2.11. The van der Waals surface area contributed by atoms with Crippen LogP contribution in [0.25, 0.3) is 0 Å². The molecule has 0 aliphatic rings. The van der Waals surface area contributed by atoms with Crippen molar-refractivity contribution in [2.75, 3.05) is 6.61 Å². The number of hydrogen-bond donors (Lipinski definition) is 0. The Labute approximate surface area is 141 Å². The van der Waals surface area contributed by atoms with Gasteiger partial charge in [-0.3, -0.25) is 0 Å². The topological polar surface area (TPSA) is 52.6 Å². The maximum Gasteiger partial charge on any atom is 0.331 e. The summed E-state index contributed by atoms with van der Waals surface area (Å²) in [6.45, 7) is 6.56. The van der Waals surface area contributed by atoms with Gasteiger partial charge in [-0.2, -0.15) is 0 Å². The van der Waals surface area contributed by atoms with Gasteiger partial charge in [-0.25, -0.2) is 9.59 Å². The Kier molecular flexibility index (Phi) is 14.7. The highest BCUT2D eigenvalue weighted by Gasteiger charge is 2.08. The highest BCUT2D eigenvalue weighted by Crippen LogP contribution is 2.08. The summed E-state index contributed by atoms with van der Waals surface area (Å²) in [4.78, 5) is 22.9. The van der Waals surface area contributed by atoms with E-state index in [1.165, 1.54) is 38.5 Å². The molecule has 0 amide bonds. The average molecular weight is 326 g/mol. The smallest absolute Gasteiger partial charge is 0.331 e. The van der Waals surface area contributed by atoms with Gasteiger partial charge in [-0.1, -0.05) is 65.7 Å². The minimum absolute atomic E-state index is 0.0829. The van der Waals surface area contributed by atoms with E-state index in [2.05, 4.69) is 6.92 Å². The van der Waals surface area contributed by atoms with E-state index in [4.69, 9.17) is 9.47 Å². The molecule has 0 aliphatic heterocycles. The zero-order chi connectivity index (χ0) is 17.3. The van der Waals surface area contributed by atoms with Gasteiger partial charge in [0, 0.05) is 12.2 Å². The molecule has 0 atom stereocenters. The van der Waals surface area contributed by atoms with Crippen molar-refractivity contribution in [2.24, 2.45) is 0 Å². The van der Waals surface area contributed by atoms with E-state index in [0.717, 1.165) is 37.8 Å². The van der Waals surface area contributed by atoms with E-state index in [9.17, 15) is 9.59 Å². The first-order chi connectivity index (χ1) is 11.1. The molecule has 4 nitrogen and oxygen atoms in total. The van der Waals surface area contributed by atoms with Crippen LogP contribution in [0.1, 0.15) is 85.0 Å². The molecule has 0 radical (unpaired) electrons. The molecule has 0 aromatic rings. The molecule has 0 spiro atoms. The van der Waals surface area contributed by atoms with Crippen molar-refractivity contribution < 1.29 is 19.1 Å². The van der Waals surface area contributed by atoms with E-state index in [0.29, 0.717) is 6.61 Å². The molecular weight excluding hydrogens is 292 g/mol. The van der Waals surface area contributed by atoms with Gasteiger partial charge in [0.15, 0.2) is 0 Å². The van der Waals surface area contributed by atoms with Crippen molar-refractivity contribution in [1.29, 1.82) is 0 Å². The van der Waals surface area contributed by atoms with Crippen LogP contribution in [-0.2, 0) is 19.1 Å². The zero-order valence-electron chi connectivity index (χ0n) is 15.1. The monoisotopic (exact) mass is 326 g/mol. The molecule has 0 heterocycles. The third-order valence-electron chi connectivity index (χ3n) is 3.79. The maximum absolute atomic E-state index is 11.5. The van der Waals surface area contributed by atoms with Crippen LogP contribution < -0.4 is 0 Å². The highest BCUT2D eigenvalue weighted by molar-refractivity contribution is 5.91. The Morgan fingerprint density at radius 2 is 1.30 bits per heavy atom. The summed E-state index contributed by atoms with van der Waals surface area (Å²) in [5.41, 5.74) is 0. The zero-order valence-corrected chi connectivity index (χ0v) is 15.1. The normalized spacial score (nSPS) is 11.1. The summed E-state index contributed by atoms with van der Waals surface area (Å²) in [7, 11) is 0. The Bertz CT molecular complexity index is 332.